The number of aliphatic hydroxyl groups excluding tert-OH is 1. The Balaban J connectivity index is 1.49. The molecule has 4 heterocycles. The maximum Gasteiger partial charge on any atom is 0.231 e. The number of unbranched alkanes of at least 4 members (excludes halogenated alkanes) is 2. The van der Waals surface area contributed by atoms with Gasteiger partial charge in [-0.2, -0.15) is 0 Å². The average Bonchev–Trinajstić information content (AvgIpc) is 3.60. The molecular weight excluding hydrogens is 653 g/mol. The molecular formula is C41H58N8O3. The van der Waals surface area contributed by atoms with Gasteiger partial charge < -0.3 is 15.7 Å². The van der Waals surface area contributed by atoms with Crippen LogP contribution in [0.4, 0.5) is 0 Å². The van der Waals surface area contributed by atoms with Crippen LogP contribution in [0, 0.1) is 11.8 Å². The van der Waals surface area contributed by atoms with Crippen molar-refractivity contribution in [2.24, 2.45) is 11.8 Å². The van der Waals surface area contributed by atoms with Crippen LogP contribution in [0.25, 0.3) is 16.9 Å². The molecule has 3 N–H and O–H groups in total. The fraction of sp³-hybridized carbons (Fsp3) is 0.585. The number of fused-ring (bicyclic) bond motifs is 1. The van der Waals surface area contributed by atoms with Gasteiger partial charge in [-0.05, 0) is 68.2 Å². The molecule has 1 aliphatic carbocycles. The number of pyridine rings is 2. The van der Waals surface area contributed by atoms with Crippen molar-refractivity contribution >= 4 is 17.5 Å². The summed E-state index contributed by atoms with van der Waals surface area (Å²) in [5.74, 6) is -0.382. The zero-order valence-electron chi connectivity index (χ0n) is 31.3. The van der Waals surface area contributed by atoms with Gasteiger partial charge in [0.1, 0.15) is 11.7 Å². The predicted octanol–water partition coefficient (Wildman–Crippen LogP) is 6.79. The Bertz CT molecular complexity index is 1680. The van der Waals surface area contributed by atoms with Gasteiger partial charge in [0.25, 0.3) is 0 Å². The van der Waals surface area contributed by atoms with E-state index in [4.69, 9.17) is 4.98 Å². The SMILES string of the molecule is CCCCNC(=O)[C@H](CCCC)C[C@H](O)[C@H](CC1CCCCC1)NC(=O)[C@@H](Cc1cccnc1)c1nnc2c(CCC)nc(-c3cccnc3)cn12. The van der Waals surface area contributed by atoms with Gasteiger partial charge in [0, 0.05) is 49.0 Å². The van der Waals surface area contributed by atoms with Crippen molar-refractivity contribution in [3.8, 4) is 11.3 Å². The highest BCUT2D eigenvalue weighted by Gasteiger charge is 2.34. The molecule has 11 heteroatoms. The van der Waals surface area contributed by atoms with E-state index in [1.165, 1.54) is 6.42 Å². The molecule has 4 atom stereocenters. The summed E-state index contributed by atoms with van der Waals surface area (Å²) >= 11 is 0. The fourth-order valence-corrected chi connectivity index (χ4v) is 7.50. The third kappa shape index (κ3) is 10.6. The van der Waals surface area contributed by atoms with Gasteiger partial charge >= 0.3 is 0 Å². The van der Waals surface area contributed by atoms with Crippen LogP contribution in [0.1, 0.15) is 127 Å². The number of carbonyl (C=O) groups is 2. The number of carbonyl (C=O) groups excluding carboxylic acids is 2. The minimum absolute atomic E-state index is 0.00556. The summed E-state index contributed by atoms with van der Waals surface area (Å²) in [5.41, 5.74) is 3.92. The van der Waals surface area contributed by atoms with E-state index in [0.717, 1.165) is 80.3 Å². The van der Waals surface area contributed by atoms with Crippen LogP contribution >= 0.6 is 0 Å². The number of aryl methyl sites for hydroxylation is 1. The number of aromatic nitrogens is 6. The number of aliphatic hydroxyl groups is 1. The van der Waals surface area contributed by atoms with E-state index in [2.05, 4.69) is 51.6 Å². The molecule has 2 amide bonds. The lowest BCUT2D eigenvalue weighted by Crippen LogP contribution is -2.48. The van der Waals surface area contributed by atoms with Crippen molar-refractivity contribution in [1.82, 2.24) is 40.2 Å². The minimum Gasteiger partial charge on any atom is -0.391 e. The first-order valence-corrected chi connectivity index (χ1v) is 19.7. The van der Waals surface area contributed by atoms with Crippen LogP contribution in [0.3, 0.4) is 0 Å². The zero-order valence-corrected chi connectivity index (χ0v) is 31.3. The lowest BCUT2D eigenvalue weighted by molar-refractivity contribution is -0.126. The van der Waals surface area contributed by atoms with E-state index >= 15 is 0 Å². The van der Waals surface area contributed by atoms with Crippen LogP contribution in [-0.2, 0) is 22.4 Å². The number of hydrogen-bond donors (Lipinski definition) is 3. The Morgan fingerprint density at radius 3 is 2.40 bits per heavy atom. The van der Waals surface area contributed by atoms with Crippen molar-refractivity contribution in [2.75, 3.05) is 6.54 Å². The molecule has 0 bridgehead atoms. The third-order valence-corrected chi connectivity index (χ3v) is 10.5. The first-order valence-electron chi connectivity index (χ1n) is 19.7. The van der Waals surface area contributed by atoms with Gasteiger partial charge in [0.05, 0.1) is 23.5 Å². The highest BCUT2D eigenvalue weighted by molar-refractivity contribution is 5.84. The van der Waals surface area contributed by atoms with Crippen molar-refractivity contribution in [1.29, 1.82) is 0 Å². The summed E-state index contributed by atoms with van der Waals surface area (Å²) in [7, 11) is 0. The molecule has 1 fully saturated rings. The fourth-order valence-electron chi connectivity index (χ4n) is 7.50. The Hall–Kier alpha value is -4.25. The van der Waals surface area contributed by atoms with Gasteiger partial charge in [-0.1, -0.05) is 84.6 Å². The van der Waals surface area contributed by atoms with Gasteiger partial charge in [-0.25, -0.2) is 4.98 Å². The number of nitrogens with one attached hydrogen (secondary N) is 2. The van der Waals surface area contributed by atoms with Crippen LogP contribution in [-0.4, -0.2) is 65.2 Å². The van der Waals surface area contributed by atoms with Crippen molar-refractivity contribution in [3.05, 3.63) is 72.3 Å². The molecule has 0 saturated heterocycles. The Kier molecular flexibility index (Phi) is 15.1. The molecule has 1 saturated carbocycles. The molecule has 0 unspecified atom stereocenters. The first kappa shape index (κ1) is 39.0. The second-order valence-corrected chi connectivity index (χ2v) is 14.6. The monoisotopic (exact) mass is 710 g/mol. The highest BCUT2D eigenvalue weighted by Crippen LogP contribution is 2.31. The molecule has 11 nitrogen and oxygen atoms in total. The van der Waals surface area contributed by atoms with Gasteiger partial charge in [-0.15, -0.1) is 10.2 Å². The summed E-state index contributed by atoms with van der Waals surface area (Å²) < 4.78 is 1.91. The van der Waals surface area contributed by atoms with Crippen LogP contribution in [0.2, 0.25) is 0 Å². The Morgan fingerprint density at radius 1 is 0.942 bits per heavy atom. The molecule has 280 valence electrons. The maximum absolute atomic E-state index is 14.7. The van der Waals surface area contributed by atoms with Crippen LogP contribution in [0.15, 0.2) is 55.2 Å². The molecule has 5 rings (SSSR count). The summed E-state index contributed by atoms with van der Waals surface area (Å²) in [5, 5.41) is 27.6. The molecule has 0 radical (unpaired) electrons. The summed E-state index contributed by atoms with van der Waals surface area (Å²) in [6.07, 6.45) is 21.1. The largest absolute Gasteiger partial charge is 0.391 e. The van der Waals surface area contributed by atoms with E-state index < -0.39 is 18.1 Å². The second kappa shape index (κ2) is 20.1. The first-order chi connectivity index (χ1) is 25.4. The van der Waals surface area contributed by atoms with E-state index in [-0.39, 0.29) is 17.7 Å². The Morgan fingerprint density at radius 2 is 1.71 bits per heavy atom. The highest BCUT2D eigenvalue weighted by atomic mass is 16.3. The van der Waals surface area contributed by atoms with Crippen molar-refractivity contribution in [2.45, 2.75) is 135 Å². The van der Waals surface area contributed by atoms with Gasteiger partial charge in [-0.3, -0.25) is 24.0 Å². The summed E-state index contributed by atoms with van der Waals surface area (Å²) in [4.78, 5) is 41.7. The predicted molar refractivity (Wildman–Crippen MR) is 203 cm³/mol. The van der Waals surface area contributed by atoms with Crippen molar-refractivity contribution in [3.63, 3.8) is 0 Å². The molecule has 0 aromatic carbocycles. The molecule has 4 aromatic rings. The molecule has 0 spiro atoms. The Labute approximate surface area is 308 Å². The lowest BCUT2D eigenvalue weighted by atomic mass is 9.81. The van der Waals surface area contributed by atoms with E-state index in [1.807, 2.05) is 34.9 Å². The lowest BCUT2D eigenvalue weighted by Gasteiger charge is -2.32. The average molecular weight is 711 g/mol. The van der Waals surface area contributed by atoms with Crippen LogP contribution in [0.5, 0.6) is 0 Å². The van der Waals surface area contributed by atoms with Crippen molar-refractivity contribution < 1.29 is 14.7 Å². The van der Waals surface area contributed by atoms with Gasteiger partial charge in [0.15, 0.2) is 5.65 Å². The quantitative estimate of drug-likeness (QED) is 0.0850. The zero-order chi connectivity index (χ0) is 36.7. The molecule has 1 aliphatic rings. The molecule has 0 aliphatic heterocycles. The number of nitrogens with zero attached hydrogens (tertiary/aromatic N) is 6. The van der Waals surface area contributed by atoms with E-state index in [1.54, 1.807) is 24.8 Å². The van der Waals surface area contributed by atoms with E-state index in [0.29, 0.717) is 56.0 Å². The third-order valence-electron chi connectivity index (χ3n) is 10.5. The number of rotatable bonds is 20. The van der Waals surface area contributed by atoms with Gasteiger partial charge in [0.2, 0.25) is 11.8 Å². The normalized spacial score (nSPS) is 15.9. The standard InChI is InChI=1S/C41H58N8O3/c1-4-7-18-31(40(51)44-22-8-5-2)25-37(50)35(24-29-15-10-9-11-16-29)46-41(52)33(23-30-17-12-20-42-26-30)38-47-48-39-34(14-6-3)45-36(28-49(38)39)32-19-13-21-43-27-32/h12-13,17,19-21,26-29,31,33,35,37,50H,4-11,14-16,18,22-25H2,1-3H3,(H,44,51)(H,46,52)/t31-,33+,35+,37+/m1/s1. The summed E-state index contributed by atoms with van der Waals surface area (Å²) in [6.45, 7) is 6.96. The topological polar surface area (TPSA) is 147 Å². The molecule has 4 aromatic heterocycles. The number of amides is 2. The minimum atomic E-state index is -0.878. The second-order valence-electron chi connectivity index (χ2n) is 14.6. The van der Waals surface area contributed by atoms with E-state index in [9.17, 15) is 14.7 Å². The maximum atomic E-state index is 14.7. The van der Waals surface area contributed by atoms with Crippen LogP contribution < -0.4 is 10.6 Å². The number of hydrogen-bond acceptors (Lipinski definition) is 8. The smallest absolute Gasteiger partial charge is 0.231 e. The summed E-state index contributed by atoms with van der Waals surface area (Å²) in [6, 6.07) is 7.17. The molecule has 52 heavy (non-hydrogen) atoms.